The van der Waals surface area contributed by atoms with E-state index in [9.17, 15) is 5.11 Å². The standard InChI is InChI=1S/C7H6Cl2O2/c8-5-1-2-6(9)7(11)4(5)3-10/h1-2,10-11H,3H2. The quantitative estimate of drug-likeness (QED) is 0.717. The van der Waals surface area contributed by atoms with Gasteiger partial charge in [0.25, 0.3) is 0 Å². The van der Waals surface area contributed by atoms with Gasteiger partial charge in [0.1, 0.15) is 5.75 Å². The molecule has 0 radical (unpaired) electrons. The number of aliphatic hydroxyl groups excluding tert-OH is 1. The smallest absolute Gasteiger partial charge is 0.141 e. The van der Waals surface area contributed by atoms with Crippen LogP contribution in [0.15, 0.2) is 12.1 Å². The number of halogens is 2. The number of phenols is 1. The van der Waals surface area contributed by atoms with Gasteiger partial charge in [0.2, 0.25) is 0 Å². The van der Waals surface area contributed by atoms with Crippen molar-refractivity contribution in [2.24, 2.45) is 0 Å². The fourth-order valence-electron chi connectivity index (χ4n) is 0.734. The van der Waals surface area contributed by atoms with Gasteiger partial charge in [-0.15, -0.1) is 0 Å². The largest absolute Gasteiger partial charge is 0.506 e. The minimum absolute atomic E-state index is 0.151. The molecule has 1 rings (SSSR count). The highest BCUT2D eigenvalue weighted by molar-refractivity contribution is 6.34. The van der Waals surface area contributed by atoms with Crippen LogP contribution < -0.4 is 0 Å². The molecule has 60 valence electrons. The number of aromatic hydroxyl groups is 1. The van der Waals surface area contributed by atoms with Crippen molar-refractivity contribution in [3.63, 3.8) is 0 Å². The van der Waals surface area contributed by atoms with Gasteiger partial charge >= 0.3 is 0 Å². The second kappa shape index (κ2) is 3.30. The molecule has 0 heterocycles. The molecule has 0 aromatic heterocycles. The zero-order chi connectivity index (χ0) is 8.43. The van der Waals surface area contributed by atoms with Crippen molar-refractivity contribution in [1.29, 1.82) is 0 Å². The van der Waals surface area contributed by atoms with E-state index in [0.29, 0.717) is 5.02 Å². The number of benzene rings is 1. The SMILES string of the molecule is OCc1c(Cl)ccc(Cl)c1O. The summed E-state index contributed by atoms with van der Waals surface area (Å²) in [5.41, 5.74) is 0.263. The fourth-order valence-corrected chi connectivity index (χ4v) is 1.12. The summed E-state index contributed by atoms with van der Waals surface area (Å²) in [4.78, 5) is 0. The van der Waals surface area contributed by atoms with E-state index in [0.717, 1.165) is 0 Å². The van der Waals surface area contributed by atoms with Gasteiger partial charge in [-0.1, -0.05) is 23.2 Å². The Morgan fingerprint density at radius 1 is 1.18 bits per heavy atom. The molecule has 0 aliphatic rings. The molecule has 0 spiro atoms. The van der Waals surface area contributed by atoms with Crippen LogP contribution in [0.5, 0.6) is 5.75 Å². The molecule has 0 saturated heterocycles. The third-order valence-corrected chi connectivity index (χ3v) is 1.99. The summed E-state index contributed by atoms with van der Waals surface area (Å²) in [5, 5.41) is 18.4. The van der Waals surface area contributed by atoms with Crippen molar-refractivity contribution in [1.82, 2.24) is 0 Å². The molecule has 0 bridgehead atoms. The third-order valence-electron chi connectivity index (χ3n) is 1.33. The summed E-state index contributed by atoms with van der Waals surface area (Å²) >= 11 is 11.2. The maximum atomic E-state index is 9.20. The molecule has 0 aliphatic heterocycles. The van der Waals surface area contributed by atoms with Crippen LogP contribution in [-0.2, 0) is 6.61 Å². The first-order chi connectivity index (χ1) is 5.16. The van der Waals surface area contributed by atoms with Gasteiger partial charge in [0, 0.05) is 10.6 Å². The van der Waals surface area contributed by atoms with E-state index in [1.165, 1.54) is 12.1 Å². The summed E-state index contributed by atoms with van der Waals surface area (Å²) in [5.74, 6) is -0.151. The number of hydrogen-bond donors (Lipinski definition) is 2. The summed E-state index contributed by atoms with van der Waals surface area (Å²) in [7, 11) is 0. The summed E-state index contributed by atoms with van der Waals surface area (Å²) in [6.07, 6.45) is 0. The molecular weight excluding hydrogens is 187 g/mol. The van der Waals surface area contributed by atoms with Crippen molar-refractivity contribution < 1.29 is 10.2 Å². The van der Waals surface area contributed by atoms with E-state index < -0.39 is 0 Å². The van der Waals surface area contributed by atoms with Crippen LogP contribution >= 0.6 is 23.2 Å². The second-order valence-corrected chi connectivity index (χ2v) is 2.83. The summed E-state index contributed by atoms with van der Waals surface area (Å²) < 4.78 is 0. The summed E-state index contributed by atoms with van der Waals surface area (Å²) in [6.45, 7) is -0.314. The minimum Gasteiger partial charge on any atom is -0.506 e. The van der Waals surface area contributed by atoms with E-state index >= 15 is 0 Å². The predicted octanol–water partition coefficient (Wildman–Crippen LogP) is 2.19. The van der Waals surface area contributed by atoms with Gasteiger partial charge in [-0.2, -0.15) is 0 Å². The topological polar surface area (TPSA) is 40.5 Å². The Labute approximate surface area is 74.0 Å². The first kappa shape index (κ1) is 8.65. The molecule has 0 saturated carbocycles. The molecule has 1 aromatic rings. The molecule has 0 amide bonds. The van der Waals surface area contributed by atoms with Gasteiger partial charge in [-0.3, -0.25) is 0 Å². The molecule has 11 heavy (non-hydrogen) atoms. The maximum Gasteiger partial charge on any atom is 0.141 e. The highest BCUT2D eigenvalue weighted by atomic mass is 35.5. The van der Waals surface area contributed by atoms with Gasteiger partial charge < -0.3 is 10.2 Å². The molecule has 2 N–H and O–H groups in total. The van der Waals surface area contributed by atoms with Crippen molar-refractivity contribution in [3.05, 3.63) is 27.7 Å². The zero-order valence-corrected chi connectivity index (χ0v) is 7.02. The maximum absolute atomic E-state index is 9.20. The number of aliphatic hydroxyl groups is 1. The Morgan fingerprint density at radius 2 is 1.73 bits per heavy atom. The van der Waals surface area contributed by atoms with Gasteiger partial charge in [0.05, 0.1) is 11.6 Å². The van der Waals surface area contributed by atoms with Crippen LogP contribution in [0.3, 0.4) is 0 Å². The Balaban J connectivity index is 3.29. The molecule has 1 aromatic carbocycles. The predicted molar refractivity (Wildman–Crippen MR) is 44.0 cm³/mol. The molecule has 2 nitrogen and oxygen atoms in total. The average Bonchev–Trinajstić information content (AvgIpc) is 1.99. The van der Waals surface area contributed by atoms with Crippen molar-refractivity contribution >= 4 is 23.2 Å². The van der Waals surface area contributed by atoms with Crippen LogP contribution in [0, 0.1) is 0 Å². The normalized spacial score (nSPS) is 10.1. The summed E-state index contributed by atoms with van der Waals surface area (Å²) in [6, 6.07) is 2.99. The molecular formula is C7H6Cl2O2. The van der Waals surface area contributed by atoms with Crippen molar-refractivity contribution in [2.75, 3.05) is 0 Å². The van der Waals surface area contributed by atoms with Crippen LogP contribution in [0.4, 0.5) is 0 Å². The molecule has 4 heteroatoms. The molecule has 0 atom stereocenters. The molecule has 0 aliphatic carbocycles. The van der Waals surface area contributed by atoms with Gasteiger partial charge in [-0.05, 0) is 12.1 Å². The Hall–Kier alpha value is -0.440. The highest BCUT2D eigenvalue weighted by Crippen LogP contribution is 2.32. The van der Waals surface area contributed by atoms with Gasteiger partial charge in [-0.25, -0.2) is 0 Å². The monoisotopic (exact) mass is 192 g/mol. The lowest BCUT2D eigenvalue weighted by atomic mass is 10.2. The first-order valence-electron chi connectivity index (χ1n) is 2.93. The van der Waals surface area contributed by atoms with E-state index in [1.54, 1.807) is 0 Å². The van der Waals surface area contributed by atoms with Crippen LogP contribution in [0.2, 0.25) is 10.0 Å². The van der Waals surface area contributed by atoms with E-state index in [-0.39, 0.29) is 22.9 Å². The number of hydrogen-bond acceptors (Lipinski definition) is 2. The Bertz CT molecular complexity index is 273. The minimum atomic E-state index is -0.314. The van der Waals surface area contributed by atoms with E-state index in [4.69, 9.17) is 28.3 Å². The molecule has 0 unspecified atom stereocenters. The van der Waals surface area contributed by atoms with Crippen LogP contribution in [0.25, 0.3) is 0 Å². The third kappa shape index (κ3) is 1.59. The fraction of sp³-hybridized carbons (Fsp3) is 0.143. The zero-order valence-electron chi connectivity index (χ0n) is 5.51. The lowest BCUT2D eigenvalue weighted by molar-refractivity contribution is 0.275. The lowest BCUT2D eigenvalue weighted by Crippen LogP contribution is -1.86. The number of rotatable bonds is 1. The van der Waals surface area contributed by atoms with E-state index in [1.807, 2.05) is 0 Å². The highest BCUT2D eigenvalue weighted by Gasteiger charge is 2.08. The first-order valence-corrected chi connectivity index (χ1v) is 3.69. The Morgan fingerprint density at radius 3 is 2.18 bits per heavy atom. The van der Waals surface area contributed by atoms with E-state index in [2.05, 4.69) is 0 Å². The van der Waals surface area contributed by atoms with Crippen molar-refractivity contribution in [2.45, 2.75) is 6.61 Å². The average molecular weight is 193 g/mol. The van der Waals surface area contributed by atoms with Crippen molar-refractivity contribution in [3.8, 4) is 5.75 Å². The van der Waals surface area contributed by atoms with Gasteiger partial charge in [0.15, 0.2) is 0 Å². The Kier molecular flexibility index (Phi) is 2.60. The lowest BCUT2D eigenvalue weighted by Gasteiger charge is -2.04. The molecule has 0 fully saturated rings. The van der Waals surface area contributed by atoms with Crippen LogP contribution in [0.1, 0.15) is 5.56 Å². The second-order valence-electron chi connectivity index (χ2n) is 2.01. The van der Waals surface area contributed by atoms with Crippen LogP contribution in [-0.4, -0.2) is 10.2 Å².